The summed E-state index contributed by atoms with van der Waals surface area (Å²) >= 11 is 0. The van der Waals surface area contributed by atoms with E-state index in [1.807, 2.05) is 0 Å². The normalized spacial score (nSPS) is 9.56. The molecule has 0 saturated heterocycles. The molecule has 96 valence electrons. The van der Waals surface area contributed by atoms with Gasteiger partial charge in [0.1, 0.15) is 6.61 Å². The molecule has 1 aromatic carbocycles. The Bertz CT molecular complexity index is 445. The Morgan fingerprint density at radius 2 is 2.33 bits per heavy atom. The van der Waals surface area contributed by atoms with Crippen molar-refractivity contribution < 1.29 is 14.5 Å². The smallest absolute Gasteiger partial charge is 0.407 e. The number of nitro groups is 1. The molecule has 0 spiro atoms. The van der Waals surface area contributed by atoms with Crippen LogP contribution in [0, 0.1) is 10.1 Å². The Balaban J connectivity index is 2.39. The van der Waals surface area contributed by atoms with Crippen molar-refractivity contribution in [3.05, 3.63) is 52.6 Å². The van der Waals surface area contributed by atoms with Crippen molar-refractivity contribution in [2.75, 3.05) is 13.2 Å². The van der Waals surface area contributed by atoms with Crippen molar-refractivity contribution in [1.29, 1.82) is 0 Å². The molecule has 1 amide bonds. The van der Waals surface area contributed by atoms with Crippen molar-refractivity contribution in [3.8, 4) is 0 Å². The van der Waals surface area contributed by atoms with Crippen LogP contribution >= 0.6 is 0 Å². The number of carbonyl (C=O) groups excluding carboxylic acids is 1. The van der Waals surface area contributed by atoms with E-state index in [9.17, 15) is 14.9 Å². The summed E-state index contributed by atoms with van der Waals surface area (Å²) < 4.78 is 4.71. The maximum absolute atomic E-state index is 11.1. The van der Waals surface area contributed by atoms with Gasteiger partial charge in [-0.15, -0.1) is 0 Å². The zero-order valence-electron chi connectivity index (χ0n) is 9.80. The van der Waals surface area contributed by atoms with E-state index in [1.165, 1.54) is 18.2 Å². The first-order valence-electron chi connectivity index (χ1n) is 5.38. The van der Waals surface area contributed by atoms with Gasteiger partial charge in [-0.3, -0.25) is 10.1 Å². The van der Waals surface area contributed by atoms with E-state index >= 15 is 0 Å². The van der Waals surface area contributed by atoms with Crippen LogP contribution in [-0.2, 0) is 11.2 Å². The number of nitrogens with zero attached hydrogens (tertiary/aromatic N) is 1. The molecule has 6 nitrogen and oxygen atoms in total. The molecule has 6 heteroatoms. The summed E-state index contributed by atoms with van der Waals surface area (Å²) in [5, 5.41) is 13.1. The van der Waals surface area contributed by atoms with Crippen molar-refractivity contribution in [2.45, 2.75) is 6.42 Å². The topological polar surface area (TPSA) is 81.5 Å². The fourth-order valence-corrected chi connectivity index (χ4v) is 1.32. The van der Waals surface area contributed by atoms with Crippen LogP contribution < -0.4 is 5.32 Å². The monoisotopic (exact) mass is 250 g/mol. The minimum atomic E-state index is -0.527. The van der Waals surface area contributed by atoms with Gasteiger partial charge in [0.15, 0.2) is 0 Å². The molecule has 0 aliphatic heterocycles. The lowest BCUT2D eigenvalue weighted by molar-refractivity contribution is -0.384. The van der Waals surface area contributed by atoms with E-state index < -0.39 is 11.0 Å². The van der Waals surface area contributed by atoms with Crippen LogP contribution in [0.3, 0.4) is 0 Å². The van der Waals surface area contributed by atoms with E-state index in [0.717, 1.165) is 5.56 Å². The summed E-state index contributed by atoms with van der Waals surface area (Å²) in [6, 6.07) is 6.29. The standard InChI is InChI=1S/C12H14N2O4/c1-2-8-18-12(15)13-7-6-10-4-3-5-11(9-10)14(16)17/h2-5,9H,1,6-8H2,(H,13,15). The molecule has 0 bridgehead atoms. The quantitative estimate of drug-likeness (QED) is 0.476. The molecule has 1 rings (SSSR count). The van der Waals surface area contributed by atoms with Gasteiger partial charge in [-0.05, 0) is 12.0 Å². The lowest BCUT2D eigenvalue weighted by Gasteiger charge is -2.05. The van der Waals surface area contributed by atoms with Gasteiger partial charge in [0.2, 0.25) is 0 Å². The Kier molecular flexibility index (Phi) is 5.37. The average molecular weight is 250 g/mol. The van der Waals surface area contributed by atoms with Crippen molar-refractivity contribution >= 4 is 11.8 Å². The Labute approximate surface area is 104 Å². The number of ether oxygens (including phenoxy) is 1. The Hall–Kier alpha value is -2.37. The lowest BCUT2D eigenvalue weighted by Crippen LogP contribution is -2.26. The van der Waals surface area contributed by atoms with E-state index in [4.69, 9.17) is 4.74 Å². The Morgan fingerprint density at radius 1 is 1.56 bits per heavy atom. The van der Waals surface area contributed by atoms with Crippen LogP contribution in [-0.4, -0.2) is 24.2 Å². The fraction of sp³-hybridized carbons (Fsp3) is 0.250. The van der Waals surface area contributed by atoms with Crippen molar-refractivity contribution in [2.24, 2.45) is 0 Å². The minimum absolute atomic E-state index is 0.0433. The largest absolute Gasteiger partial charge is 0.445 e. The highest BCUT2D eigenvalue weighted by Gasteiger charge is 2.06. The second kappa shape index (κ2) is 7.05. The first-order valence-corrected chi connectivity index (χ1v) is 5.38. The van der Waals surface area contributed by atoms with E-state index in [1.54, 1.807) is 12.1 Å². The highest BCUT2D eigenvalue weighted by Crippen LogP contribution is 2.13. The second-order valence-electron chi connectivity index (χ2n) is 3.49. The fourth-order valence-electron chi connectivity index (χ4n) is 1.32. The number of rotatable bonds is 6. The van der Waals surface area contributed by atoms with Gasteiger partial charge in [-0.1, -0.05) is 24.8 Å². The summed E-state index contributed by atoms with van der Waals surface area (Å²) in [6.07, 6.45) is 1.45. The van der Waals surface area contributed by atoms with Gasteiger partial charge in [-0.2, -0.15) is 0 Å². The molecule has 0 fully saturated rings. The Morgan fingerprint density at radius 3 is 3.00 bits per heavy atom. The SMILES string of the molecule is C=CCOC(=O)NCCc1cccc([N+](=O)[O-])c1. The first kappa shape index (κ1) is 13.7. The number of amides is 1. The summed E-state index contributed by atoms with van der Waals surface area (Å²) in [4.78, 5) is 21.2. The molecule has 0 heterocycles. The molecule has 0 aliphatic rings. The highest BCUT2D eigenvalue weighted by molar-refractivity contribution is 5.67. The average Bonchev–Trinajstić information content (AvgIpc) is 2.36. The van der Waals surface area contributed by atoms with E-state index in [2.05, 4.69) is 11.9 Å². The molecule has 0 saturated carbocycles. The molecule has 0 atom stereocenters. The molecule has 1 aromatic rings. The van der Waals surface area contributed by atoms with Crippen molar-refractivity contribution in [3.63, 3.8) is 0 Å². The molecular formula is C12H14N2O4. The van der Waals surface area contributed by atoms with Crippen LogP contribution in [0.2, 0.25) is 0 Å². The van der Waals surface area contributed by atoms with Gasteiger partial charge in [-0.25, -0.2) is 4.79 Å². The van der Waals surface area contributed by atoms with Gasteiger partial charge >= 0.3 is 6.09 Å². The third kappa shape index (κ3) is 4.65. The third-order valence-electron chi connectivity index (χ3n) is 2.14. The second-order valence-corrected chi connectivity index (χ2v) is 3.49. The summed E-state index contributed by atoms with van der Waals surface area (Å²) in [5.74, 6) is 0. The van der Waals surface area contributed by atoms with Gasteiger partial charge in [0.25, 0.3) is 5.69 Å². The lowest BCUT2D eigenvalue weighted by atomic mass is 10.1. The third-order valence-corrected chi connectivity index (χ3v) is 2.14. The number of nitro benzene ring substituents is 1. The predicted molar refractivity (Wildman–Crippen MR) is 66.3 cm³/mol. The van der Waals surface area contributed by atoms with Crippen molar-refractivity contribution in [1.82, 2.24) is 5.32 Å². The zero-order chi connectivity index (χ0) is 13.4. The first-order chi connectivity index (χ1) is 8.63. The number of benzene rings is 1. The van der Waals surface area contributed by atoms with Gasteiger partial charge < -0.3 is 10.1 Å². The molecule has 0 radical (unpaired) electrons. The molecular weight excluding hydrogens is 236 g/mol. The van der Waals surface area contributed by atoms with E-state index in [-0.39, 0.29) is 12.3 Å². The van der Waals surface area contributed by atoms with Crippen LogP contribution in [0.4, 0.5) is 10.5 Å². The summed E-state index contributed by atoms with van der Waals surface area (Å²) in [5.41, 5.74) is 0.829. The zero-order valence-corrected chi connectivity index (χ0v) is 9.80. The number of hydrogen-bond donors (Lipinski definition) is 1. The van der Waals surface area contributed by atoms with Crippen LogP contribution in [0.5, 0.6) is 0 Å². The summed E-state index contributed by atoms with van der Waals surface area (Å²) in [7, 11) is 0. The van der Waals surface area contributed by atoms with E-state index in [0.29, 0.717) is 13.0 Å². The summed E-state index contributed by atoms with van der Waals surface area (Å²) in [6.45, 7) is 3.93. The molecule has 0 aliphatic carbocycles. The molecule has 18 heavy (non-hydrogen) atoms. The maximum Gasteiger partial charge on any atom is 0.407 e. The predicted octanol–water partition coefficient (Wildman–Crippen LogP) is 2.05. The number of alkyl carbamates (subject to hydrolysis) is 1. The number of hydrogen-bond acceptors (Lipinski definition) is 4. The molecule has 0 aromatic heterocycles. The van der Waals surface area contributed by atoms with Gasteiger partial charge in [0, 0.05) is 18.7 Å². The number of carbonyl (C=O) groups is 1. The van der Waals surface area contributed by atoms with Crippen LogP contribution in [0.25, 0.3) is 0 Å². The van der Waals surface area contributed by atoms with Gasteiger partial charge in [0.05, 0.1) is 4.92 Å². The number of non-ortho nitro benzene ring substituents is 1. The molecule has 0 unspecified atom stereocenters. The van der Waals surface area contributed by atoms with Crippen LogP contribution in [0.1, 0.15) is 5.56 Å². The highest BCUT2D eigenvalue weighted by atomic mass is 16.6. The molecule has 1 N–H and O–H groups in total. The number of nitrogens with one attached hydrogen (secondary N) is 1. The minimum Gasteiger partial charge on any atom is -0.445 e. The maximum atomic E-state index is 11.1. The van der Waals surface area contributed by atoms with Crippen LogP contribution in [0.15, 0.2) is 36.9 Å².